The molecule has 0 aliphatic carbocycles. The molecule has 1 aliphatic rings. The molecule has 4 rings (SSSR count). The smallest absolute Gasteiger partial charge is 0.362 e. The van der Waals surface area contributed by atoms with E-state index < -0.39 is 11.7 Å². The fourth-order valence-corrected chi connectivity index (χ4v) is 3.35. The third-order valence-corrected chi connectivity index (χ3v) is 4.59. The van der Waals surface area contributed by atoms with Crippen molar-refractivity contribution in [2.45, 2.75) is 19.3 Å². The molecule has 0 radical (unpaired) electrons. The molecule has 0 saturated heterocycles. The van der Waals surface area contributed by atoms with Gasteiger partial charge in [0, 0.05) is 18.8 Å². The molecule has 1 heterocycles. The van der Waals surface area contributed by atoms with Crippen LogP contribution in [0.3, 0.4) is 0 Å². The fraction of sp³-hybridized carbons (Fsp3) is 0.143. The molecule has 0 amide bonds. The first-order valence-electron chi connectivity index (χ1n) is 8.11. The Kier molecular flexibility index (Phi) is 3.75. The van der Waals surface area contributed by atoms with Gasteiger partial charge in [0.15, 0.2) is 0 Å². The highest BCUT2D eigenvalue weighted by Gasteiger charge is 2.36. The lowest BCUT2D eigenvalue weighted by molar-refractivity contribution is -0.137. The molecular formula is C21H16F3N. The molecule has 4 heteroatoms. The van der Waals surface area contributed by atoms with Crippen LogP contribution in [-0.4, -0.2) is 0 Å². The van der Waals surface area contributed by atoms with Gasteiger partial charge in [0.25, 0.3) is 0 Å². The summed E-state index contributed by atoms with van der Waals surface area (Å²) in [7, 11) is 0. The molecule has 1 aliphatic heterocycles. The monoisotopic (exact) mass is 339 g/mol. The predicted octanol–water partition coefficient (Wildman–Crippen LogP) is 5.89. The van der Waals surface area contributed by atoms with Gasteiger partial charge < -0.3 is 4.90 Å². The molecule has 0 saturated carbocycles. The third-order valence-electron chi connectivity index (χ3n) is 4.59. The number of anilines is 1. The van der Waals surface area contributed by atoms with Crippen LogP contribution in [0, 0.1) is 0 Å². The molecule has 0 aromatic heterocycles. The Morgan fingerprint density at radius 3 is 1.88 bits per heavy atom. The van der Waals surface area contributed by atoms with Crippen molar-refractivity contribution in [2.75, 3.05) is 4.90 Å². The summed E-state index contributed by atoms with van der Waals surface area (Å²) in [5, 5.41) is 0. The zero-order valence-corrected chi connectivity index (χ0v) is 13.4. The van der Waals surface area contributed by atoms with Crippen molar-refractivity contribution in [2.24, 2.45) is 0 Å². The number of rotatable bonds is 2. The van der Waals surface area contributed by atoms with E-state index in [1.54, 1.807) is 17.0 Å². The van der Waals surface area contributed by atoms with Crippen LogP contribution in [0.1, 0.15) is 16.7 Å². The Bertz CT molecular complexity index is 876. The topological polar surface area (TPSA) is 3.24 Å². The molecular weight excluding hydrogens is 323 g/mol. The number of alkyl halides is 3. The van der Waals surface area contributed by atoms with Crippen molar-refractivity contribution in [3.05, 3.63) is 89.5 Å². The summed E-state index contributed by atoms with van der Waals surface area (Å²) in [6.45, 7) is 1.01. The molecule has 1 nitrogen and oxygen atoms in total. The lowest BCUT2D eigenvalue weighted by atomic mass is 10.0. The first-order valence-corrected chi connectivity index (χ1v) is 8.11. The zero-order valence-electron chi connectivity index (χ0n) is 13.4. The maximum absolute atomic E-state index is 13.7. The highest BCUT2D eigenvalue weighted by molar-refractivity contribution is 5.70. The minimum absolute atomic E-state index is 0.239. The van der Waals surface area contributed by atoms with Gasteiger partial charge in [0.05, 0.1) is 5.56 Å². The summed E-state index contributed by atoms with van der Waals surface area (Å²) >= 11 is 0. The van der Waals surface area contributed by atoms with Crippen molar-refractivity contribution in [1.29, 1.82) is 0 Å². The Balaban J connectivity index is 1.76. The van der Waals surface area contributed by atoms with Crippen LogP contribution in [0.5, 0.6) is 0 Å². The van der Waals surface area contributed by atoms with Crippen LogP contribution in [0.15, 0.2) is 72.8 Å². The molecule has 126 valence electrons. The molecule has 0 bridgehead atoms. The second-order valence-corrected chi connectivity index (χ2v) is 6.22. The first kappa shape index (κ1) is 15.8. The van der Waals surface area contributed by atoms with Crippen LogP contribution in [0.2, 0.25) is 0 Å². The lowest BCUT2D eigenvalue weighted by Crippen LogP contribution is -2.20. The lowest BCUT2D eigenvalue weighted by Gasteiger charge is -2.23. The van der Waals surface area contributed by atoms with E-state index in [2.05, 4.69) is 0 Å². The zero-order chi connectivity index (χ0) is 17.4. The van der Waals surface area contributed by atoms with Crippen LogP contribution < -0.4 is 4.90 Å². The second-order valence-electron chi connectivity index (χ2n) is 6.22. The molecule has 0 spiro atoms. The Morgan fingerprint density at radius 1 is 0.680 bits per heavy atom. The minimum Gasteiger partial charge on any atom is -0.362 e. The maximum Gasteiger partial charge on any atom is 0.418 e. The van der Waals surface area contributed by atoms with E-state index in [0.717, 1.165) is 16.7 Å². The van der Waals surface area contributed by atoms with E-state index in [1.165, 1.54) is 6.07 Å². The average molecular weight is 339 g/mol. The van der Waals surface area contributed by atoms with Gasteiger partial charge in [-0.25, -0.2) is 0 Å². The van der Waals surface area contributed by atoms with Crippen molar-refractivity contribution in [1.82, 2.24) is 0 Å². The summed E-state index contributed by atoms with van der Waals surface area (Å²) in [6.07, 6.45) is -4.39. The average Bonchev–Trinajstić information content (AvgIpc) is 3.05. The van der Waals surface area contributed by atoms with E-state index in [9.17, 15) is 13.2 Å². The van der Waals surface area contributed by atoms with E-state index in [-0.39, 0.29) is 5.69 Å². The van der Waals surface area contributed by atoms with Gasteiger partial charge in [0.2, 0.25) is 0 Å². The fourth-order valence-electron chi connectivity index (χ4n) is 3.35. The predicted molar refractivity (Wildman–Crippen MR) is 93.2 cm³/mol. The van der Waals surface area contributed by atoms with Crippen molar-refractivity contribution in [3.63, 3.8) is 0 Å². The van der Waals surface area contributed by atoms with E-state index in [0.29, 0.717) is 18.7 Å². The van der Waals surface area contributed by atoms with E-state index in [1.807, 2.05) is 54.6 Å². The first-order chi connectivity index (χ1) is 12.0. The molecule has 0 N–H and O–H groups in total. The summed E-state index contributed by atoms with van der Waals surface area (Å²) in [4.78, 5) is 1.79. The van der Waals surface area contributed by atoms with E-state index in [4.69, 9.17) is 0 Å². The van der Waals surface area contributed by atoms with Crippen molar-refractivity contribution < 1.29 is 13.2 Å². The minimum atomic E-state index is -4.39. The summed E-state index contributed by atoms with van der Waals surface area (Å²) < 4.78 is 41.1. The Hall–Kier alpha value is -2.75. The van der Waals surface area contributed by atoms with Crippen molar-refractivity contribution in [3.8, 4) is 11.1 Å². The standard InChI is InChI=1S/C21H16F3N/c22-21(23,24)19-12-16(15-6-2-1-3-7-15)10-11-20(19)25-13-17-8-4-5-9-18(17)14-25/h1-12H,13-14H2. The summed E-state index contributed by atoms with van der Waals surface area (Å²) in [5.74, 6) is 0. The van der Waals surface area contributed by atoms with Gasteiger partial charge in [-0.3, -0.25) is 0 Å². The maximum atomic E-state index is 13.7. The molecule has 0 atom stereocenters. The largest absolute Gasteiger partial charge is 0.418 e. The molecule has 0 fully saturated rings. The second kappa shape index (κ2) is 5.96. The van der Waals surface area contributed by atoms with Gasteiger partial charge in [-0.05, 0) is 34.4 Å². The van der Waals surface area contributed by atoms with Gasteiger partial charge in [0.1, 0.15) is 0 Å². The van der Waals surface area contributed by atoms with Crippen LogP contribution in [0.4, 0.5) is 18.9 Å². The number of hydrogen-bond donors (Lipinski definition) is 0. The number of hydrogen-bond acceptors (Lipinski definition) is 1. The van der Waals surface area contributed by atoms with Crippen molar-refractivity contribution >= 4 is 5.69 Å². The number of fused-ring (bicyclic) bond motifs is 1. The highest BCUT2D eigenvalue weighted by Crippen LogP contribution is 2.41. The molecule has 0 unspecified atom stereocenters. The number of halogens is 3. The Labute approximate surface area is 144 Å². The van der Waals surface area contributed by atoms with Gasteiger partial charge in [-0.2, -0.15) is 13.2 Å². The summed E-state index contributed by atoms with van der Waals surface area (Å²) in [6, 6.07) is 21.6. The Morgan fingerprint density at radius 2 is 1.28 bits per heavy atom. The quantitative estimate of drug-likeness (QED) is 0.562. The molecule has 25 heavy (non-hydrogen) atoms. The number of benzene rings is 3. The van der Waals surface area contributed by atoms with Crippen LogP contribution in [0.25, 0.3) is 11.1 Å². The normalized spacial score (nSPS) is 13.8. The van der Waals surface area contributed by atoms with Gasteiger partial charge in [-0.15, -0.1) is 0 Å². The third kappa shape index (κ3) is 3.00. The van der Waals surface area contributed by atoms with Crippen LogP contribution in [-0.2, 0) is 19.3 Å². The van der Waals surface area contributed by atoms with E-state index >= 15 is 0 Å². The molecule has 3 aromatic carbocycles. The van der Waals surface area contributed by atoms with Gasteiger partial charge in [-0.1, -0.05) is 60.7 Å². The highest BCUT2D eigenvalue weighted by atomic mass is 19.4. The SMILES string of the molecule is FC(F)(F)c1cc(-c2ccccc2)ccc1N1Cc2ccccc2C1. The van der Waals surface area contributed by atoms with Crippen LogP contribution >= 0.6 is 0 Å². The number of nitrogens with zero attached hydrogens (tertiary/aromatic N) is 1. The van der Waals surface area contributed by atoms with Gasteiger partial charge >= 0.3 is 6.18 Å². The molecule has 3 aromatic rings. The summed E-state index contributed by atoms with van der Waals surface area (Å²) in [5.41, 5.74) is 3.19.